The van der Waals surface area contributed by atoms with Crippen LogP contribution in [0.15, 0.2) is 11.6 Å². The van der Waals surface area contributed by atoms with Gasteiger partial charge in [0.15, 0.2) is 0 Å². The van der Waals surface area contributed by atoms with Crippen LogP contribution in [0.1, 0.15) is 60.3 Å². The highest BCUT2D eigenvalue weighted by Crippen LogP contribution is 2.45. The fraction of sp³-hybridized carbons (Fsp3) is 0.846. The van der Waals surface area contributed by atoms with Crippen LogP contribution in [0.25, 0.3) is 0 Å². The molecule has 0 aromatic heterocycles. The molecule has 88 valence electrons. The van der Waals surface area contributed by atoms with E-state index in [1.165, 1.54) is 5.57 Å². The van der Waals surface area contributed by atoms with Gasteiger partial charge in [0.05, 0.1) is 11.1 Å². The second kappa shape index (κ2) is 4.26. The third-order valence-electron chi connectivity index (χ3n) is 4.44. The summed E-state index contributed by atoms with van der Waals surface area (Å²) in [5.41, 5.74) is 1.08. The third-order valence-corrected chi connectivity index (χ3v) is 4.44. The lowest BCUT2D eigenvalue weighted by atomic mass is 9.87. The molecule has 0 atom stereocenters. The van der Waals surface area contributed by atoms with Crippen LogP contribution in [0.4, 0.5) is 0 Å². The van der Waals surface area contributed by atoms with E-state index in [1.807, 2.05) is 0 Å². The van der Waals surface area contributed by atoms with E-state index in [0.29, 0.717) is 0 Å². The molecule has 2 nitrogen and oxygen atoms in total. The van der Waals surface area contributed by atoms with Gasteiger partial charge in [-0.25, -0.2) is 0 Å². The Kier molecular flexibility index (Phi) is 3.62. The van der Waals surface area contributed by atoms with Gasteiger partial charge >= 0.3 is 0 Å². The van der Waals surface area contributed by atoms with Crippen molar-refractivity contribution in [1.82, 2.24) is 5.06 Å². The molecule has 1 heterocycles. The van der Waals surface area contributed by atoms with Gasteiger partial charge in [-0.1, -0.05) is 39.3 Å². The summed E-state index contributed by atoms with van der Waals surface area (Å²) in [7, 11) is 0. The van der Waals surface area contributed by atoms with E-state index >= 15 is 0 Å². The molecule has 0 aromatic carbocycles. The molecule has 0 bridgehead atoms. The van der Waals surface area contributed by atoms with Gasteiger partial charge in [-0.2, -0.15) is 5.06 Å². The first kappa shape index (κ1) is 12.7. The molecule has 0 aromatic rings. The molecular formula is C13H25NO. The Bertz CT molecular complexity index is 249. The van der Waals surface area contributed by atoms with Crippen LogP contribution in [-0.2, 0) is 0 Å². The zero-order valence-electron chi connectivity index (χ0n) is 10.8. The van der Waals surface area contributed by atoms with Gasteiger partial charge in [0, 0.05) is 0 Å². The lowest BCUT2D eigenvalue weighted by Crippen LogP contribution is -2.53. The van der Waals surface area contributed by atoms with E-state index in [0.717, 1.165) is 25.7 Å². The smallest absolute Gasteiger partial charge is 0.0671 e. The summed E-state index contributed by atoms with van der Waals surface area (Å²) in [6.45, 7) is 10.8. The number of nitrogens with zero attached hydrogens (tertiary/aromatic N) is 1. The predicted molar refractivity (Wildman–Crippen MR) is 64.0 cm³/mol. The van der Waals surface area contributed by atoms with Crippen LogP contribution in [-0.4, -0.2) is 21.3 Å². The van der Waals surface area contributed by atoms with Crippen LogP contribution in [0.5, 0.6) is 0 Å². The van der Waals surface area contributed by atoms with Crippen molar-refractivity contribution in [3.05, 3.63) is 11.6 Å². The van der Waals surface area contributed by atoms with Crippen molar-refractivity contribution in [2.75, 3.05) is 0 Å². The summed E-state index contributed by atoms with van der Waals surface area (Å²) in [6.07, 6.45) is 6.17. The van der Waals surface area contributed by atoms with Gasteiger partial charge in [0.2, 0.25) is 0 Å². The zero-order valence-corrected chi connectivity index (χ0v) is 10.8. The van der Waals surface area contributed by atoms with E-state index in [-0.39, 0.29) is 11.1 Å². The summed E-state index contributed by atoms with van der Waals surface area (Å²) in [6, 6.07) is 0. The van der Waals surface area contributed by atoms with Crippen molar-refractivity contribution in [1.29, 1.82) is 0 Å². The molecule has 0 fully saturated rings. The number of hydrogen-bond acceptors (Lipinski definition) is 2. The minimum Gasteiger partial charge on any atom is -0.312 e. The normalized spacial score (nSPS) is 24.3. The second-order valence-corrected chi connectivity index (χ2v) is 4.69. The first-order chi connectivity index (χ1) is 7.03. The average molecular weight is 211 g/mol. The highest BCUT2D eigenvalue weighted by molar-refractivity contribution is 5.31. The molecule has 0 saturated heterocycles. The highest BCUT2D eigenvalue weighted by Gasteiger charge is 2.50. The Balaban J connectivity index is 3.15. The van der Waals surface area contributed by atoms with Gasteiger partial charge in [0.25, 0.3) is 0 Å². The first-order valence-electron chi connectivity index (χ1n) is 6.22. The van der Waals surface area contributed by atoms with Gasteiger partial charge in [0.1, 0.15) is 0 Å². The number of hydrogen-bond donors (Lipinski definition) is 1. The van der Waals surface area contributed by atoms with Crippen LogP contribution in [0.2, 0.25) is 0 Å². The minimum absolute atomic E-state index is 0.119. The molecule has 0 radical (unpaired) electrons. The quantitative estimate of drug-likeness (QED) is 0.716. The highest BCUT2D eigenvalue weighted by atomic mass is 16.5. The van der Waals surface area contributed by atoms with Crippen molar-refractivity contribution >= 4 is 0 Å². The van der Waals surface area contributed by atoms with E-state index < -0.39 is 0 Å². The molecule has 1 aliphatic rings. The number of rotatable bonds is 4. The first-order valence-corrected chi connectivity index (χ1v) is 6.22. The Labute approximate surface area is 93.9 Å². The van der Waals surface area contributed by atoms with Crippen molar-refractivity contribution in [3.8, 4) is 0 Å². The Morgan fingerprint density at radius 2 is 1.53 bits per heavy atom. The molecule has 1 aliphatic heterocycles. The lowest BCUT2D eigenvalue weighted by molar-refractivity contribution is -0.208. The predicted octanol–water partition coefficient (Wildman–Crippen LogP) is 3.76. The minimum atomic E-state index is -0.129. The van der Waals surface area contributed by atoms with Gasteiger partial charge in [-0.15, -0.1) is 0 Å². The maximum Gasteiger partial charge on any atom is 0.0671 e. The lowest BCUT2D eigenvalue weighted by Gasteiger charge is -2.43. The fourth-order valence-corrected chi connectivity index (χ4v) is 3.05. The summed E-state index contributed by atoms with van der Waals surface area (Å²) in [5.74, 6) is 0. The number of hydroxylamine groups is 2. The SMILES string of the molecule is CCC1(CC)C=C(C)C(CC)(CC)N1O. The van der Waals surface area contributed by atoms with Crippen molar-refractivity contribution in [2.45, 2.75) is 71.4 Å². The van der Waals surface area contributed by atoms with Gasteiger partial charge in [-0.3, -0.25) is 0 Å². The summed E-state index contributed by atoms with van der Waals surface area (Å²) >= 11 is 0. The van der Waals surface area contributed by atoms with Gasteiger partial charge < -0.3 is 5.21 Å². The maximum absolute atomic E-state index is 10.5. The van der Waals surface area contributed by atoms with E-state index in [4.69, 9.17) is 0 Å². The van der Waals surface area contributed by atoms with E-state index in [9.17, 15) is 5.21 Å². The van der Waals surface area contributed by atoms with E-state index in [2.05, 4.69) is 40.7 Å². The van der Waals surface area contributed by atoms with Crippen molar-refractivity contribution in [3.63, 3.8) is 0 Å². The maximum atomic E-state index is 10.5. The molecule has 0 unspecified atom stereocenters. The molecular weight excluding hydrogens is 186 g/mol. The second-order valence-electron chi connectivity index (χ2n) is 4.69. The third kappa shape index (κ3) is 1.55. The zero-order chi connectivity index (χ0) is 11.7. The van der Waals surface area contributed by atoms with Crippen molar-refractivity contribution in [2.24, 2.45) is 0 Å². The standard InChI is InChI=1S/C13H25NO/c1-6-12(7-2)10-11(5)13(8-3,9-4)14(12)15/h10,15H,6-9H2,1-5H3. The monoisotopic (exact) mass is 211 g/mol. The molecule has 0 spiro atoms. The van der Waals surface area contributed by atoms with Crippen LogP contribution >= 0.6 is 0 Å². The average Bonchev–Trinajstić information content (AvgIpc) is 2.48. The molecule has 1 N–H and O–H groups in total. The van der Waals surface area contributed by atoms with Crippen LogP contribution < -0.4 is 0 Å². The molecule has 1 rings (SSSR count). The summed E-state index contributed by atoms with van der Waals surface area (Å²) in [4.78, 5) is 0. The van der Waals surface area contributed by atoms with E-state index in [1.54, 1.807) is 5.06 Å². The topological polar surface area (TPSA) is 23.5 Å². The van der Waals surface area contributed by atoms with Crippen LogP contribution in [0.3, 0.4) is 0 Å². The molecule has 2 heteroatoms. The molecule has 0 amide bonds. The summed E-state index contributed by atoms with van der Waals surface area (Å²) < 4.78 is 0. The van der Waals surface area contributed by atoms with Crippen molar-refractivity contribution < 1.29 is 5.21 Å². The Morgan fingerprint density at radius 3 is 1.73 bits per heavy atom. The molecule has 15 heavy (non-hydrogen) atoms. The largest absolute Gasteiger partial charge is 0.312 e. The Hall–Kier alpha value is -0.340. The summed E-state index contributed by atoms with van der Waals surface area (Å²) in [5, 5.41) is 12.1. The molecule has 0 aliphatic carbocycles. The van der Waals surface area contributed by atoms with Gasteiger partial charge in [-0.05, 0) is 32.6 Å². The Morgan fingerprint density at radius 1 is 1.07 bits per heavy atom. The fourth-order valence-electron chi connectivity index (χ4n) is 3.05. The molecule has 0 saturated carbocycles. The van der Waals surface area contributed by atoms with Crippen LogP contribution in [0, 0.1) is 0 Å².